The van der Waals surface area contributed by atoms with Gasteiger partial charge < -0.3 is 35.2 Å². The van der Waals surface area contributed by atoms with Gasteiger partial charge in [0.05, 0.1) is 25.4 Å². The van der Waals surface area contributed by atoms with Crippen LogP contribution in [0.2, 0.25) is 0 Å². The second kappa shape index (κ2) is 40.1. The van der Waals surface area contributed by atoms with E-state index in [0.29, 0.717) is 12.8 Å². The zero-order valence-electron chi connectivity index (χ0n) is 39.5. The second-order valence-electron chi connectivity index (χ2n) is 18.1. The monoisotopic (exact) mass is 906 g/mol. The highest BCUT2D eigenvalue weighted by Crippen LogP contribution is 2.26. The van der Waals surface area contributed by atoms with Crippen LogP contribution >= 0.6 is 0 Å². The van der Waals surface area contributed by atoms with E-state index in [4.69, 9.17) is 9.47 Å². The lowest BCUT2D eigenvalue weighted by Crippen LogP contribution is -2.61. The van der Waals surface area contributed by atoms with Crippen molar-refractivity contribution in [2.24, 2.45) is 0 Å². The Bertz CT molecular complexity index is 1160. The van der Waals surface area contributed by atoms with Crippen molar-refractivity contribution in [1.82, 2.24) is 5.32 Å². The van der Waals surface area contributed by atoms with E-state index in [1.165, 1.54) is 154 Å². The van der Waals surface area contributed by atoms with Crippen LogP contribution in [-0.2, 0) is 28.9 Å². The van der Waals surface area contributed by atoms with Crippen LogP contribution in [0, 0.1) is 0 Å². The summed E-state index contributed by atoms with van der Waals surface area (Å²) in [7, 11) is -5.08. The van der Waals surface area contributed by atoms with E-state index in [9.17, 15) is 38.2 Å². The molecule has 0 radical (unpaired) electrons. The highest BCUT2D eigenvalue weighted by Gasteiger charge is 2.48. The summed E-state index contributed by atoms with van der Waals surface area (Å²) in [5, 5.41) is 44.9. The average molecular weight is 906 g/mol. The van der Waals surface area contributed by atoms with Gasteiger partial charge in [-0.05, 0) is 38.5 Å². The van der Waals surface area contributed by atoms with Crippen molar-refractivity contribution in [3.8, 4) is 0 Å². The molecule has 0 saturated carbocycles. The van der Waals surface area contributed by atoms with Crippen molar-refractivity contribution in [3.05, 3.63) is 12.2 Å². The number of hydrogen-bond donors (Lipinski definition) is 6. The van der Waals surface area contributed by atoms with Crippen molar-refractivity contribution in [2.75, 3.05) is 13.2 Å². The van der Waals surface area contributed by atoms with Crippen LogP contribution in [0.4, 0.5) is 0 Å². The SMILES string of the molecule is CCCCCCCCCCCC/C=C\CCCCCCCCCC(=O)NC(COC1OC(CO)C(O)C(OS(=O)(=O)O)C1O)C(O)CCCCCCCCCCCCCCCC. The lowest BCUT2D eigenvalue weighted by Gasteiger charge is -2.41. The number of unbranched alkanes of at least 4 members (excludes halogenated alkanes) is 30. The van der Waals surface area contributed by atoms with Gasteiger partial charge in [-0.1, -0.05) is 206 Å². The highest BCUT2D eigenvalue weighted by atomic mass is 32.3. The normalized spacial score (nSPS) is 20.5. The molecule has 62 heavy (non-hydrogen) atoms. The van der Waals surface area contributed by atoms with Crippen LogP contribution in [0.15, 0.2) is 12.2 Å². The number of nitrogens with one attached hydrogen (secondary N) is 1. The van der Waals surface area contributed by atoms with Gasteiger partial charge in [0.15, 0.2) is 6.29 Å². The molecule has 7 atom stereocenters. The van der Waals surface area contributed by atoms with E-state index in [0.717, 1.165) is 51.4 Å². The Balaban J connectivity index is 2.41. The first kappa shape index (κ1) is 58.9. The zero-order chi connectivity index (χ0) is 45.5. The van der Waals surface area contributed by atoms with Gasteiger partial charge in [0.25, 0.3) is 0 Å². The molecule has 0 spiro atoms. The molecule has 0 aliphatic carbocycles. The van der Waals surface area contributed by atoms with Gasteiger partial charge in [0.1, 0.15) is 24.4 Å². The molecule has 6 N–H and O–H groups in total. The van der Waals surface area contributed by atoms with Crippen LogP contribution in [0.5, 0.6) is 0 Å². The molecule has 13 heteroatoms. The van der Waals surface area contributed by atoms with Crippen molar-refractivity contribution >= 4 is 16.3 Å². The number of hydrogen-bond acceptors (Lipinski definition) is 10. The van der Waals surface area contributed by atoms with Gasteiger partial charge in [-0.25, -0.2) is 4.18 Å². The zero-order valence-corrected chi connectivity index (χ0v) is 40.3. The first-order valence-corrected chi connectivity index (χ1v) is 26.9. The fourth-order valence-electron chi connectivity index (χ4n) is 8.34. The summed E-state index contributed by atoms with van der Waals surface area (Å²) >= 11 is 0. The standard InChI is InChI=1S/C49H95NO11S/c1-3-5-7-9-11-13-15-17-19-20-21-22-23-24-25-27-29-31-33-35-37-39-45(53)50-42(41-59-49-47(55)48(61-62(56,57)58)46(54)44(40-51)60-49)43(52)38-36-34-32-30-28-26-18-16-14-12-10-8-6-4-2/h22-23,42-44,46-49,51-52,54-55H,3-21,24-41H2,1-2H3,(H,50,53)(H,56,57,58)/b23-22-. The molecule has 0 aromatic rings. The molecule has 0 aromatic carbocycles. The number of aliphatic hydroxyl groups excluding tert-OH is 4. The van der Waals surface area contributed by atoms with Crippen LogP contribution in [-0.4, -0.2) is 95.4 Å². The number of ether oxygens (including phenoxy) is 2. The Kier molecular flexibility index (Phi) is 38.1. The van der Waals surface area contributed by atoms with E-state index in [1.54, 1.807) is 0 Å². The van der Waals surface area contributed by atoms with Gasteiger partial charge in [-0.3, -0.25) is 9.35 Å². The van der Waals surface area contributed by atoms with Crippen molar-refractivity contribution < 1.29 is 51.8 Å². The summed E-state index contributed by atoms with van der Waals surface area (Å²) in [4.78, 5) is 13.1. The number of carbonyl (C=O) groups excluding carboxylic acids is 1. The molecular weight excluding hydrogens is 811 g/mol. The third-order valence-electron chi connectivity index (χ3n) is 12.3. The Morgan fingerprint density at radius 2 is 1.03 bits per heavy atom. The Hall–Kier alpha value is -1.16. The molecule has 1 saturated heterocycles. The molecular formula is C49H95NO11S. The number of carbonyl (C=O) groups is 1. The largest absolute Gasteiger partial charge is 0.397 e. The predicted molar refractivity (Wildman–Crippen MR) is 250 cm³/mol. The summed E-state index contributed by atoms with van der Waals surface area (Å²) in [5.74, 6) is -0.232. The quantitative estimate of drug-likeness (QED) is 0.0194. The minimum atomic E-state index is -5.08. The Morgan fingerprint density at radius 1 is 0.629 bits per heavy atom. The summed E-state index contributed by atoms with van der Waals surface area (Å²) in [6.45, 7) is 3.46. The first-order valence-electron chi connectivity index (χ1n) is 25.6. The van der Waals surface area contributed by atoms with Gasteiger partial charge in [0.2, 0.25) is 5.91 Å². The number of aliphatic hydroxyl groups is 4. The molecule has 1 fully saturated rings. The first-order chi connectivity index (χ1) is 30.0. The number of rotatable bonds is 44. The Labute approximate surface area is 379 Å². The lowest BCUT2D eigenvalue weighted by atomic mass is 9.99. The van der Waals surface area contributed by atoms with Gasteiger partial charge >= 0.3 is 10.4 Å². The molecule has 1 rings (SSSR count). The topological polar surface area (TPSA) is 192 Å². The molecule has 368 valence electrons. The van der Waals surface area contributed by atoms with Crippen LogP contribution in [0.1, 0.15) is 239 Å². The molecule has 0 aromatic heterocycles. The fourth-order valence-corrected chi connectivity index (χ4v) is 8.85. The highest BCUT2D eigenvalue weighted by molar-refractivity contribution is 7.80. The van der Waals surface area contributed by atoms with Crippen molar-refractivity contribution in [1.29, 1.82) is 0 Å². The minimum absolute atomic E-state index is 0.232. The van der Waals surface area contributed by atoms with Gasteiger partial charge in [-0.2, -0.15) is 8.42 Å². The molecule has 0 bridgehead atoms. The smallest absolute Gasteiger partial charge is 0.394 e. The molecule has 1 amide bonds. The maximum Gasteiger partial charge on any atom is 0.397 e. The third-order valence-corrected chi connectivity index (χ3v) is 12.8. The predicted octanol–water partition coefficient (Wildman–Crippen LogP) is 10.7. The van der Waals surface area contributed by atoms with E-state index in [-0.39, 0.29) is 18.9 Å². The number of amides is 1. The average Bonchev–Trinajstić information content (AvgIpc) is 3.24. The second-order valence-corrected chi connectivity index (χ2v) is 19.2. The van der Waals surface area contributed by atoms with Crippen LogP contribution in [0.3, 0.4) is 0 Å². The minimum Gasteiger partial charge on any atom is -0.394 e. The van der Waals surface area contributed by atoms with Crippen molar-refractivity contribution in [3.63, 3.8) is 0 Å². The molecule has 1 aliphatic heterocycles. The lowest BCUT2D eigenvalue weighted by molar-refractivity contribution is -0.298. The molecule has 12 nitrogen and oxygen atoms in total. The molecule has 1 aliphatic rings. The summed E-state index contributed by atoms with van der Waals surface area (Å²) in [6, 6.07) is -0.857. The maximum absolute atomic E-state index is 13.1. The molecule has 7 unspecified atom stereocenters. The summed E-state index contributed by atoms with van der Waals surface area (Å²) in [5.41, 5.74) is 0. The Morgan fingerprint density at radius 3 is 1.45 bits per heavy atom. The maximum atomic E-state index is 13.1. The van der Waals surface area contributed by atoms with E-state index in [1.807, 2.05) is 0 Å². The fraction of sp³-hybridized carbons (Fsp3) is 0.939. The van der Waals surface area contributed by atoms with Crippen molar-refractivity contribution in [2.45, 2.75) is 281 Å². The summed E-state index contributed by atoms with van der Waals surface area (Å²) in [6.07, 6.45) is 36.4. The van der Waals surface area contributed by atoms with E-state index < -0.39 is 59.9 Å². The van der Waals surface area contributed by atoms with Crippen LogP contribution in [0.25, 0.3) is 0 Å². The van der Waals surface area contributed by atoms with E-state index >= 15 is 0 Å². The number of allylic oxidation sites excluding steroid dienone is 2. The van der Waals surface area contributed by atoms with Crippen LogP contribution < -0.4 is 5.32 Å². The van der Waals surface area contributed by atoms with E-state index in [2.05, 4.69) is 35.5 Å². The van der Waals surface area contributed by atoms with Gasteiger partial charge in [-0.15, -0.1) is 0 Å². The van der Waals surface area contributed by atoms with Gasteiger partial charge in [0, 0.05) is 6.42 Å². The third kappa shape index (κ3) is 32.5. The molecule has 1 heterocycles. The summed E-state index contributed by atoms with van der Waals surface area (Å²) < 4.78 is 47.7.